The Kier molecular flexibility index (Phi) is 13.7. The number of Topliss-reactive ketones (excluding diaryl/α,β-unsaturated/α-hetero) is 1. The van der Waals surface area contributed by atoms with Crippen LogP contribution in [-0.4, -0.2) is 96.2 Å². The quantitative estimate of drug-likeness (QED) is 0.184. The Morgan fingerprint density at radius 3 is 1.95 bits per heavy atom. The molecule has 5 atom stereocenters. The molecule has 0 saturated carbocycles. The van der Waals surface area contributed by atoms with Gasteiger partial charge in [0.05, 0.1) is 13.1 Å². The van der Waals surface area contributed by atoms with Gasteiger partial charge < -0.3 is 36.1 Å². The molecule has 0 spiro atoms. The lowest BCUT2D eigenvalue weighted by molar-refractivity contribution is -0.174. The minimum absolute atomic E-state index is 0.242. The van der Waals surface area contributed by atoms with E-state index in [1.165, 1.54) is 25.7 Å². The van der Waals surface area contributed by atoms with Crippen molar-refractivity contribution in [1.82, 2.24) is 20.9 Å². The second kappa shape index (κ2) is 15.9. The molecule has 14 nitrogen and oxygen atoms in total. The molecular formula is C26H43N5O9. The van der Waals surface area contributed by atoms with Gasteiger partial charge in [-0.1, -0.05) is 27.7 Å². The zero-order valence-electron chi connectivity index (χ0n) is 24.3. The number of carbonyl (C=O) groups excluding carboxylic acids is 7. The number of ketones is 1. The first-order chi connectivity index (χ1) is 18.6. The summed E-state index contributed by atoms with van der Waals surface area (Å²) in [6.45, 7) is 10.4. The molecule has 0 radical (unpaired) electrons. The smallest absolute Gasteiger partial charge is 0.347 e. The van der Waals surface area contributed by atoms with Crippen LogP contribution in [0.25, 0.3) is 0 Å². The van der Waals surface area contributed by atoms with Crippen LogP contribution in [-0.2, 0) is 43.0 Å². The molecule has 5 N–H and O–H groups in total. The molecular weight excluding hydrogens is 526 g/mol. The van der Waals surface area contributed by atoms with Gasteiger partial charge in [-0.2, -0.15) is 0 Å². The Hall–Kier alpha value is -3.55. The van der Waals surface area contributed by atoms with Gasteiger partial charge in [-0.05, 0) is 45.4 Å². The van der Waals surface area contributed by atoms with Crippen LogP contribution in [0, 0.1) is 11.8 Å². The normalized spacial score (nSPS) is 17.9. The summed E-state index contributed by atoms with van der Waals surface area (Å²) in [4.78, 5) is 87.8. The van der Waals surface area contributed by atoms with E-state index in [0.717, 1.165) is 0 Å². The van der Waals surface area contributed by atoms with E-state index in [2.05, 4.69) is 16.0 Å². The molecule has 5 unspecified atom stereocenters. The van der Waals surface area contributed by atoms with E-state index >= 15 is 0 Å². The highest BCUT2D eigenvalue weighted by atomic mass is 16.6. The van der Waals surface area contributed by atoms with Gasteiger partial charge in [-0.3, -0.25) is 24.0 Å². The first-order valence-corrected chi connectivity index (χ1v) is 13.4. The van der Waals surface area contributed by atoms with Gasteiger partial charge in [0.15, 0.2) is 18.0 Å². The van der Waals surface area contributed by atoms with Gasteiger partial charge in [0.1, 0.15) is 18.1 Å². The van der Waals surface area contributed by atoms with Crippen LogP contribution in [0.4, 0.5) is 0 Å². The number of hydrogen-bond donors (Lipinski definition) is 4. The number of rotatable bonds is 14. The van der Waals surface area contributed by atoms with Crippen LogP contribution in [0.3, 0.4) is 0 Å². The molecule has 0 aliphatic carbocycles. The van der Waals surface area contributed by atoms with Crippen molar-refractivity contribution in [1.29, 1.82) is 0 Å². The molecule has 1 fully saturated rings. The van der Waals surface area contributed by atoms with Crippen molar-refractivity contribution in [2.75, 3.05) is 19.6 Å². The lowest BCUT2D eigenvalue weighted by Crippen LogP contribution is -2.56. The lowest BCUT2D eigenvalue weighted by atomic mass is 10.0. The number of amides is 4. The Morgan fingerprint density at radius 2 is 1.43 bits per heavy atom. The van der Waals surface area contributed by atoms with Crippen LogP contribution >= 0.6 is 0 Å². The predicted molar refractivity (Wildman–Crippen MR) is 142 cm³/mol. The highest BCUT2D eigenvalue weighted by Gasteiger charge is 2.40. The van der Waals surface area contributed by atoms with E-state index < -0.39 is 72.4 Å². The van der Waals surface area contributed by atoms with E-state index in [9.17, 15) is 33.6 Å². The summed E-state index contributed by atoms with van der Waals surface area (Å²) >= 11 is 0. The second-order valence-corrected chi connectivity index (χ2v) is 10.5. The fourth-order valence-electron chi connectivity index (χ4n) is 3.89. The fraction of sp³-hybridized carbons (Fsp3) is 0.731. The number of hydrogen-bond acceptors (Lipinski definition) is 10. The maximum atomic E-state index is 13.4. The van der Waals surface area contributed by atoms with Crippen molar-refractivity contribution in [2.24, 2.45) is 17.6 Å². The third-order valence-electron chi connectivity index (χ3n) is 6.42. The van der Waals surface area contributed by atoms with Gasteiger partial charge in [-0.25, -0.2) is 9.59 Å². The van der Waals surface area contributed by atoms with Gasteiger partial charge in [-0.15, -0.1) is 0 Å². The number of esters is 2. The predicted octanol–water partition coefficient (Wildman–Crippen LogP) is -1.21. The monoisotopic (exact) mass is 569 g/mol. The fourth-order valence-corrected chi connectivity index (χ4v) is 3.89. The number of nitrogens with one attached hydrogen (secondary N) is 3. The average Bonchev–Trinajstić information content (AvgIpc) is 3.38. The lowest BCUT2D eigenvalue weighted by Gasteiger charge is -2.30. The molecule has 1 aliphatic heterocycles. The molecule has 226 valence electrons. The van der Waals surface area contributed by atoms with Crippen molar-refractivity contribution in [3.63, 3.8) is 0 Å². The summed E-state index contributed by atoms with van der Waals surface area (Å²) in [6.07, 6.45) is -1.47. The molecule has 1 rings (SSSR count). The zero-order chi connectivity index (χ0) is 30.7. The topological polar surface area (TPSA) is 203 Å². The first-order valence-electron chi connectivity index (χ1n) is 13.4. The Morgan fingerprint density at radius 1 is 0.850 bits per heavy atom. The summed E-state index contributed by atoms with van der Waals surface area (Å²) in [5.41, 5.74) is 5.29. The summed E-state index contributed by atoms with van der Waals surface area (Å²) in [6, 6.07) is -2.87. The van der Waals surface area contributed by atoms with Crippen molar-refractivity contribution in [2.45, 2.75) is 91.6 Å². The number of carbonyl (C=O) groups is 7. The zero-order valence-corrected chi connectivity index (χ0v) is 24.3. The highest BCUT2D eigenvalue weighted by Crippen LogP contribution is 2.22. The van der Waals surface area contributed by atoms with Gasteiger partial charge in [0.25, 0.3) is 0 Å². The third kappa shape index (κ3) is 10.2. The summed E-state index contributed by atoms with van der Waals surface area (Å²) in [5.74, 6) is -4.91. The first kappa shape index (κ1) is 34.5. The van der Waals surface area contributed by atoms with Crippen molar-refractivity contribution >= 4 is 41.4 Å². The van der Waals surface area contributed by atoms with E-state index in [-0.39, 0.29) is 30.7 Å². The number of nitrogens with zero attached hydrogens (tertiary/aromatic N) is 1. The molecule has 0 bridgehead atoms. The molecule has 4 amide bonds. The van der Waals surface area contributed by atoms with Crippen LogP contribution in [0.5, 0.6) is 0 Å². The maximum Gasteiger partial charge on any atom is 0.347 e. The van der Waals surface area contributed by atoms with Gasteiger partial charge in [0.2, 0.25) is 23.6 Å². The third-order valence-corrected chi connectivity index (χ3v) is 6.42. The SMILES string of the molecule is CC(=O)C(C)OC(=O)C(C)OC(=O)C1CCCN1C(=O)C(NC(=O)CNC(=O)C(NC(=O)CN)C(C)C)C(C)C. The molecule has 1 saturated heterocycles. The molecule has 0 aromatic carbocycles. The van der Waals surface area contributed by atoms with Crippen LogP contribution in [0.2, 0.25) is 0 Å². The molecule has 0 aromatic rings. The summed E-state index contributed by atoms with van der Waals surface area (Å²) < 4.78 is 10.2. The number of nitrogens with two attached hydrogens (primary N) is 1. The van der Waals surface area contributed by atoms with Crippen molar-refractivity contribution in [3.8, 4) is 0 Å². The van der Waals surface area contributed by atoms with Gasteiger partial charge >= 0.3 is 11.9 Å². The second-order valence-electron chi connectivity index (χ2n) is 10.5. The standard InChI is InChI=1S/C26H43N5O9/c1-13(2)21(29-19(33)11-27)23(35)28-12-20(34)30-22(14(3)4)24(36)31-10-8-9-18(31)26(38)40-17(7)25(37)39-16(6)15(5)32/h13-14,16-18,21-22H,8-12,27H2,1-7H3,(H,28,35)(H,29,33)(H,30,34). The van der Waals surface area contributed by atoms with Gasteiger partial charge in [0, 0.05) is 6.54 Å². The highest BCUT2D eigenvalue weighted by molar-refractivity contribution is 5.94. The minimum atomic E-state index is -1.29. The molecule has 1 aliphatic rings. The van der Waals surface area contributed by atoms with E-state index in [0.29, 0.717) is 12.8 Å². The minimum Gasteiger partial charge on any atom is -0.452 e. The molecule has 40 heavy (non-hydrogen) atoms. The number of ether oxygens (including phenoxy) is 2. The largest absolute Gasteiger partial charge is 0.452 e. The van der Waals surface area contributed by atoms with Crippen molar-refractivity contribution in [3.05, 3.63) is 0 Å². The van der Waals surface area contributed by atoms with Crippen molar-refractivity contribution < 1.29 is 43.0 Å². The Balaban J connectivity index is 2.82. The molecule has 0 aromatic heterocycles. The molecule has 14 heteroatoms. The van der Waals surface area contributed by atoms with Crippen LogP contribution < -0.4 is 21.7 Å². The Labute approximate surface area is 234 Å². The summed E-state index contributed by atoms with van der Waals surface area (Å²) in [7, 11) is 0. The van der Waals surface area contributed by atoms with E-state index in [1.807, 2.05) is 0 Å². The van der Waals surface area contributed by atoms with E-state index in [4.69, 9.17) is 15.2 Å². The average molecular weight is 570 g/mol. The van der Waals surface area contributed by atoms with Crippen LogP contribution in [0.15, 0.2) is 0 Å². The Bertz CT molecular complexity index is 968. The van der Waals surface area contributed by atoms with Crippen LogP contribution in [0.1, 0.15) is 61.3 Å². The summed E-state index contributed by atoms with van der Waals surface area (Å²) in [5, 5.41) is 7.56. The molecule has 1 heterocycles. The number of likely N-dealkylation sites (tertiary alicyclic amines) is 1. The van der Waals surface area contributed by atoms with E-state index in [1.54, 1.807) is 27.7 Å². The maximum absolute atomic E-state index is 13.4.